The minimum atomic E-state index is -3.61. The molecular weight excluding hydrogens is 366 g/mol. The predicted molar refractivity (Wildman–Crippen MR) is 89.5 cm³/mol. The summed E-state index contributed by atoms with van der Waals surface area (Å²) in [6.45, 7) is 1.02. The second-order valence-corrected chi connectivity index (χ2v) is 7.89. The second kappa shape index (κ2) is 6.40. The van der Waals surface area contributed by atoms with Crippen molar-refractivity contribution in [2.45, 2.75) is 17.4 Å². The van der Waals surface area contributed by atoms with E-state index >= 15 is 0 Å². The first-order valence-electron chi connectivity index (χ1n) is 7.02. The SMILES string of the molecule is O=S(=O)(c1ccccc1)N(CC1CCO1)c1cccc(Br)c1. The van der Waals surface area contributed by atoms with E-state index < -0.39 is 10.0 Å². The Labute approximate surface area is 138 Å². The van der Waals surface area contributed by atoms with Gasteiger partial charge in [-0.2, -0.15) is 0 Å². The van der Waals surface area contributed by atoms with Gasteiger partial charge in [0.15, 0.2) is 0 Å². The zero-order valence-corrected chi connectivity index (χ0v) is 14.3. The quantitative estimate of drug-likeness (QED) is 0.796. The molecule has 1 aliphatic rings. The fraction of sp³-hybridized carbons (Fsp3) is 0.250. The van der Waals surface area contributed by atoms with Crippen LogP contribution in [-0.2, 0) is 14.8 Å². The molecule has 22 heavy (non-hydrogen) atoms. The molecule has 1 atom stereocenters. The normalized spacial score (nSPS) is 17.8. The average molecular weight is 382 g/mol. The maximum absolute atomic E-state index is 13.0. The van der Waals surface area contributed by atoms with Gasteiger partial charge >= 0.3 is 0 Å². The molecule has 0 radical (unpaired) electrons. The Hall–Kier alpha value is -1.37. The number of hydrogen-bond acceptors (Lipinski definition) is 3. The first-order valence-corrected chi connectivity index (χ1v) is 9.25. The van der Waals surface area contributed by atoms with Crippen LogP contribution in [0.25, 0.3) is 0 Å². The minimum Gasteiger partial charge on any atom is -0.376 e. The van der Waals surface area contributed by atoms with Crippen LogP contribution >= 0.6 is 15.9 Å². The number of halogens is 1. The van der Waals surface area contributed by atoms with E-state index in [0.717, 1.165) is 10.9 Å². The van der Waals surface area contributed by atoms with E-state index in [4.69, 9.17) is 4.74 Å². The zero-order chi connectivity index (χ0) is 15.6. The van der Waals surface area contributed by atoms with E-state index in [2.05, 4.69) is 15.9 Å². The molecule has 0 bridgehead atoms. The van der Waals surface area contributed by atoms with Crippen LogP contribution in [0.4, 0.5) is 5.69 Å². The summed E-state index contributed by atoms with van der Waals surface area (Å²) in [4.78, 5) is 0.286. The van der Waals surface area contributed by atoms with Crippen LogP contribution in [0.5, 0.6) is 0 Å². The van der Waals surface area contributed by atoms with Gasteiger partial charge in [-0.3, -0.25) is 4.31 Å². The lowest BCUT2D eigenvalue weighted by Gasteiger charge is -2.33. The molecule has 6 heteroatoms. The van der Waals surface area contributed by atoms with Crippen molar-refractivity contribution < 1.29 is 13.2 Å². The van der Waals surface area contributed by atoms with Crippen molar-refractivity contribution in [3.05, 3.63) is 59.1 Å². The maximum Gasteiger partial charge on any atom is 0.264 e. The number of nitrogens with zero attached hydrogens (tertiary/aromatic N) is 1. The molecule has 0 N–H and O–H groups in total. The molecule has 1 saturated heterocycles. The number of anilines is 1. The fourth-order valence-corrected chi connectivity index (χ4v) is 4.20. The zero-order valence-electron chi connectivity index (χ0n) is 11.9. The number of ether oxygens (including phenoxy) is 1. The van der Waals surface area contributed by atoms with E-state index in [9.17, 15) is 8.42 Å². The minimum absolute atomic E-state index is 0.0440. The molecule has 4 nitrogen and oxygen atoms in total. The topological polar surface area (TPSA) is 46.6 Å². The van der Waals surface area contributed by atoms with Crippen LogP contribution < -0.4 is 4.31 Å². The molecule has 1 aliphatic heterocycles. The molecule has 116 valence electrons. The third-order valence-corrected chi connectivity index (χ3v) is 5.89. The molecule has 2 aromatic rings. The van der Waals surface area contributed by atoms with Crippen molar-refractivity contribution in [1.29, 1.82) is 0 Å². The lowest BCUT2D eigenvalue weighted by molar-refractivity contribution is -0.0428. The van der Waals surface area contributed by atoms with Gasteiger partial charge < -0.3 is 4.74 Å². The van der Waals surface area contributed by atoms with Gasteiger partial charge in [-0.15, -0.1) is 0 Å². The summed E-state index contributed by atoms with van der Waals surface area (Å²) in [5, 5.41) is 0. The number of benzene rings is 2. The Bertz CT molecular complexity index is 745. The van der Waals surface area contributed by atoms with E-state index in [1.807, 2.05) is 12.1 Å². The molecule has 1 heterocycles. The lowest BCUT2D eigenvalue weighted by Crippen LogP contribution is -2.43. The van der Waals surface area contributed by atoms with Gasteiger partial charge in [0, 0.05) is 11.1 Å². The Morgan fingerprint density at radius 1 is 1.14 bits per heavy atom. The summed E-state index contributed by atoms with van der Waals surface area (Å²) < 4.78 is 33.6. The second-order valence-electron chi connectivity index (χ2n) is 5.11. The summed E-state index contributed by atoms with van der Waals surface area (Å²) in [7, 11) is -3.61. The van der Waals surface area contributed by atoms with Gasteiger partial charge in [0.1, 0.15) is 0 Å². The van der Waals surface area contributed by atoms with Crippen LogP contribution in [-0.4, -0.2) is 27.7 Å². The van der Waals surface area contributed by atoms with Crippen LogP contribution in [0, 0.1) is 0 Å². The summed E-state index contributed by atoms with van der Waals surface area (Å²) in [6, 6.07) is 15.8. The number of sulfonamides is 1. The van der Waals surface area contributed by atoms with Crippen molar-refractivity contribution in [2.24, 2.45) is 0 Å². The first-order chi connectivity index (χ1) is 10.6. The molecular formula is C16H16BrNO3S. The molecule has 3 rings (SSSR count). The Kier molecular flexibility index (Phi) is 4.52. The van der Waals surface area contributed by atoms with Crippen LogP contribution in [0.1, 0.15) is 6.42 Å². The number of rotatable bonds is 5. The third kappa shape index (κ3) is 3.19. The smallest absolute Gasteiger partial charge is 0.264 e. The lowest BCUT2D eigenvalue weighted by atomic mass is 10.2. The standard InChI is InChI=1S/C16H16BrNO3S/c17-13-5-4-6-14(11-13)18(12-15-9-10-21-15)22(19,20)16-7-2-1-3-8-16/h1-8,11,15H,9-10,12H2. The molecule has 0 aliphatic carbocycles. The average Bonchev–Trinajstić information content (AvgIpc) is 2.46. The highest BCUT2D eigenvalue weighted by atomic mass is 79.9. The van der Waals surface area contributed by atoms with E-state index in [0.29, 0.717) is 18.8 Å². The molecule has 0 amide bonds. The maximum atomic E-state index is 13.0. The van der Waals surface area contributed by atoms with E-state index in [-0.39, 0.29) is 11.0 Å². The molecule has 0 spiro atoms. The number of hydrogen-bond donors (Lipinski definition) is 0. The van der Waals surface area contributed by atoms with Crippen molar-refractivity contribution in [3.63, 3.8) is 0 Å². The molecule has 1 unspecified atom stereocenters. The van der Waals surface area contributed by atoms with Gasteiger partial charge in [-0.05, 0) is 36.8 Å². The summed E-state index contributed by atoms with van der Waals surface area (Å²) in [6.07, 6.45) is 0.840. The van der Waals surface area contributed by atoms with Crippen LogP contribution in [0.3, 0.4) is 0 Å². The van der Waals surface area contributed by atoms with Crippen molar-refractivity contribution in [1.82, 2.24) is 0 Å². The monoisotopic (exact) mass is 381 g/mol. The highest BCUT2D eigenvalue weighted by Crippen LogP contribution is 2.28. The van der Waals surface area contributed by atoms with Crippen molar-refractivity contribution >= 4 is 31.6 Å². The van der Waals surface area contributed by atoms with Gasteiger partial charge in [0.05, 0.1) is 23.2 Å². The molecule has 0 aromatic heterocycles. The van der Waals surface area contributed by atoms with Gasteiger partial charge in [-0.1, -0.05) is 40.2 Å². The van der Waals surface area contributed by atoms with E-state index in [1.54, 1.807) is 42.5 Å². The van der Waals surface area contributed by atoms with Gasteiger partial charge in [-0.25, -0.2) is 8.42 Å². The van der Waals surface area contributed by atoms with Gasteiger partial charge in [0.2, 0.25) is 0 Å². The highest BCUT2D eigenvalue weighted by Gasteiger charge is 2.30. The summed E-state index contributed by atoms with van der Waals surface area (Å²) in [5.41, 5.74) is 0.633. The first kappa shape index (κ1) is 15.5. The molecule has 1 fully saturated rings. The van der Waals surface area contributed by atoms with Crippen molar-refractivity contribution in [2.75, 3.05) is 17.5 Å². The molecule has 2 aromatic carbocycles. The summed E-state index contributed by atoms with van der Waals surface area (Å²) in [5.74, 6) is 0. The largest absolute Gasteiger partial charge is 0.376 e. The molecule has 0 saturated carbocycles. The van der Waals surface area contributed by atoms with Crippen molar-refractivity contribution in [3.8, 4) is 0 Å². The fourth-order valence-electron chi connectivity index (χ4n) is 2.31. The highest BCUT2D eigenvalue weighted by molar-refractivity contribution is 9.10. The predicted octanol–water partition coefficient (Wildman–Crippen LogP) is 3.43. The Morgan fingerprint density at radius 2 is 1.86 bits per heavy atom. The summed E-state index contributed by atoms with van der Waals surface area (Å²) >= 11 is 3.40. The van der Waals surface area contributed by atoms with E-state index in [1.165, 1.54) is 4.31 Å². The van der Waals surface area contributed by atoms with Crippen LogP contribution in [0.2, 0.25) is 0 Å². The van der Waals surface area contributed by atoms with Gasteiger partial charge in [0.25, 0.3) is 10.0 Å². The Morgan fingerprint density at radius 3 is 2.45 bits per heavy atom. The van der Waals surface area contributed by atoms with Crippen LogP contribution in [0.15, 0.2) is 64.0 Å². The third-order valence-electron chi connectivity index (χ3n) is 3.59. The Balaban J connectivity index is 2.01.